The van der Waals surface area contributed by atoms with Gasteiger partial charge in [0.25, 0.3) is 0 Å². The molecule has 0 amide bonds. The summed E-state index contributed by atoms with van der Waals surface area (Å²) >= 11 is 0. The molecule has 0 spiro atoms. The molecule has 0 heterocycles. The van der Waals surface area contributed by atoms with E-state index >= 15 is 0 Å². The van der Waals surface area contributed by atoms with Crippen molar-refractivity contribution >= 4 is 22.7 Å². The lowest BCUT2D eigenvalue weighted by Crippen LogP contribution is -2.30. The Morgan fingerprint density at radius 3 is 1.82 bits per heavy atom. The van der Waals surface area contributed by atoms with Gasteiger partial charge in [-0.3, -0.25) is 0 Å². The van der Waals surface area contributed by atoms with Gasteiger partial charge in [-0.2, -0.15) is 10.2 Å². The van der Waals surface area contributed by atoms with Gasteiger partial charge in [-0.25, -0.2) is 0 Å². The van der Waals surface area contributed by atoms with E-state index in [-0.39, 0.29) is 13.2 Å². The number of anilines is 2. The average molecular weight is 376 g/mol. The zero-order chi connectivity index (χ0) is 19.8. The highest BCUT2D eigenvalue weighted by Crippen LogP contribution is 2.32. The van der Waals surface area contributed by atoms with Gasteiger partial charge in [0, 0.05) is 30.0 Å². The monoisotopic (exact) mass is 376 g/mol. The number of hydrogen-bond acceptors (Lipinski definition) is 6. The fourth-order valence-corrected chi connectivity index (χ4v) is 2.95. The molecule has 0 saturated heterocycles. The molecule has 0 fully saturated rings. The van der Waals surface area contributed by atoms with Crippen molar-refractivity contribution in [3.05, 3.63) is 72.8 Å². The first-order valence-electron chi connectivity index (χ1n) is 9.14. The number of nitrogen functional groups attached to an aromatic ring is 1. The Labute approximate surface area is 164 Å². The molecule has 0 radical (unpaired) electrons. The van der Waals surface area contributed by atoms with Crippen LogP contribution in [0.5, 0.6) is 0 Å². The predicted molar refractivity (Wildman–Crippen MR) is 113 cm³/mol. The number of para-hydroxylation sites is 1. The second-order valence-corrected chi connectivity index (χ2v) is 6.29. The van der Waals surface area contributed by atoms with Gasteiger partial charge >= 0.3 is 0 Å². The van der Waals surface area contributed by atoms with Gasteiger partial charge < -0.3 is 20.8 Å². The fourth-order valence-electron chi connectivity index (χ4n) is 2.95. The first kappa shape index (κ1) is 19.5. The summed E-state index contributed by atoms with van der Waals surface area (Å²) < 4.78 is 0. The average Bonchev–Trinajstić information content (AvgIpc) is 2.74. The first-order chi connectivity index (χ1) is 13.7. The minimum absolute atomic E-state index is 0.0266. The molecule has 4 N–H and O–H groups in total. The predicted octanol–water partition coefficient (Wildman–Crippen LogP) is 4.14. The Morgan fingerprint density at radius 1 is 0.714 bits per heavy atom. The first-order valence-corrected chi connectivity index (χ1v) is 9.14. The fraction of sp³-hybridized carbons (Fsp3) is 0.182. The molecule has 0 saturated carbocycles. The standard InChI is InChI=1S/C22H24N4O2/c23-18-7-11-20(12-8-18)25-24-19-9-5-17(6-10-19)21-3-1-2-4-22(21)26(13-15-27)14-16-28/h1-12,27-28H,13-16,23H2. The summed E-state index contributed by atoms with van der Waals surface area (Å²) in [5.41, 5.74) is 10.9. The van der Waals surface area contributed by atoms with Gasteiger partial charge in [-0.05, 0) is 48.0 Å². The van der Waals surface area contributed by atoms with Crippen LogP contribution in [0.1, 0.15) is 0 Å². The van der Waals surface area contributed by atoms with Gasteiger partial charge in [0.05, 0.1) is 24.6 Å². The number of benzene rings is 3. The molecule has 0 aliphatic carbocycles. The third-order valence-corrected chi connectivity index (χ3v) is 4.34. The van der Waals surface area contributed by atoms with Crippen molar-refractivity contribution in [1.82, 2.24) is 0 Å². The van der Waals surface area contributed by atoms with Crippen LogP contribution in [0.3, 0.4) is 0 Å². The molecule has 144 valence electrons. The summed E-state index contributed by atoms with van der Waals surface area (Å²) in [4.78, 5) is 1.98. The van der Waals surface area contributed by atoms with Crippen LogP contribution in [0.25, 0.3) is 11.1 Å². The Morgan fingerprint density at radius 2 is 1.25 bits per heavy atom. The van der Waals surface area contributed by atoms with Crippen LogP contribution >= 0.6 is 0 Å². The third kappa shape index (κ3) is 4.94. The highest BCUT2D eigenvalue weighted by Gasteiger charge is 2.11. The van der Waals surface area contributed by atoms with E-state index in [2.05, 4.69) is 10.2 Å². The van der Waals surface area contributed by atoms with Crippen LogP contribution in [0, 0.1) is 0 Å². The minimum atomic E-state index is 0.0266. The molecule has 0 aliphatic heterocycles. The van der Waals surface area contributed by atoms with E-state index in [1.807, 2.05) is 65.6 Å². The van der Waals surface area contributed by atoms with Crippen molar-refractivity contribution in [2.45, 2.75) is 0 Å². The molecule has 28 heavy (non-hydrogen) atoms. The molecule has 0 atom stereocenters. The third-order valence-electron chi connectivity index (χ3n) is 4.34. The Hall–Kier alpha value is -3.22. The molecule has 0 aliphatic rings. The summed E-state index contributed by atoms with van der Waals surface area (Å²) in [6.07, 6.45) is 0. The van der Waals surface area contributed by atoms with Crippen LogP contribution in [-0.2, 0) is 0 Å². The number of aliphatic hydroxyl groups is 2. The molecule has 3 aromatic carbocycles. The summed E-state index contributed by atoms with van der Waals surface area (Å²) in [6.45, 7) is 0.981. The van der Waals surface area contributed by atoms with E-state index in [9.17, 15) is 10.2 Å². The van der Waals surface area contributed by atoms with Crippen molar-refractivity contribution in [2.24, 2.45) is 10.2 Å². The summed E-state index contributed by atoms with van der Waals surface area (Å²) in [7, 11) is 0. The topological polar surface area (TPSA) is 94.4 Å². The maximum atomic E-state index is 9.34. The smallest absolute Gasteiger partial charge is 0.0858 e. The Kier molecular flexibility index (Phi) is 6.73. The second-order valence-electron chi connectivity index (χ2n) is 6.29. The molecule has 6 heteroatoms. The van der Waals surface area contributed by atoms with Crippen molar-refractivity contribution in [3.63, 3.8) is 0 Å². The molecule has 6 nitrogen and oxygen atoms in total. The quantitative estimate of drug-likeness (QED) is 0.407. The van der Waals surface area contributed by atoms with Crippen LogP contribution in [-0.4, -0.2) is 36.5 Å². The normalized spacial score (nSPS) is 11.1. The molecule has 0 bridgehead atoms. The van der Waals surface area contributed by atoms with Crippen LogP contribution in [0.2, 0.25) is 0 Å². The van der Waals surface area contributed by atoms with E-state index in [1.165, 1.54) is 0 Å². The van der Waals surface area contributed by atoms with Crippen molar-refractivity contribution in [3.8, 4) is 11.1 Å². The largest absolute Gasteiger partial charge is 0.399 e. The molecule has 0 aromatic heterocycles. The Balaban J connectivity index is 1.82. The van der Waals surface area contributed by atoms with Gasteiger partial charge in [0.1, 0.15) is 0 Å². The molecular weight excluding hydrogens is 352 g/mol. The van der Waals surface area contributed by atoms with E-state index in [0.29, 0.717) is 18.8 Å². The van der Waals surface area contributed by atoms with E-state index < -0.39 is 0 Å². The molecule has 3 aromatic rings. The summed E-state index contributed by atoms with van der Waals surface area (Å²) in [5, 5.41) is 27.2. The molecular formula is C22H24N4O2. The minimum Gasteiger partial charge on any atom is -0.399 e. The van der Waals surface area contributed by atoms with Crippen LogP contribution in [0.4, 0.5) is 22.7 Å². The van der Waals surface area contributed by atoms with Crippen LogP contribution in [0.15, 0.2) is 83.0 Å². The van der Waals surface area contributed by atoms with E-state index in [0.717, 1.165) is 28.2 Å². The van der Waals surface area contributed by atoms with Crippen molar-refractivity contribution in [2.75, 3.05) is 36.9 Å². The highest BCUT2D eigenvalue weighted by molar-refractivity contribution is 5.79. The molecule has 0 unspecified atom stereocenters. The highest BCUT2D eigenvalue weighted by atomic mass is 16.3. The number of hydrogen-bond donors (Lipinski definition) is 3. The zero-order valence-corrected chi connectivity index (χ0v) is 15.6. The lowest BCUT2D eigenvalue weighted by atomic mass is 10.0. The number of rotatable bonds is 8. The van der Waals surface area contributed by atoms with E-state index in [4.69, 9.17) is 5.73 Å². The van der Waals surface area contributed by atoms with Gasteiger partial charge in [-0.15, -0.1) is 0 Å². The second kappa shape index (κ2) is 9.64. The summed E-state index contributed by atoms with van der Waals surface area (Å²) in [5.74, 6) is 0. The van der Waals surface area contributed by atoms with Crippen molar-refractivity contribution in [1.29, 1.82) is 0 Å². The number of azo groups is 1. The lowest BCUT2D eigenvalue weighted by molar-refractivity contribution is 0.281. The number of nitrogens with zero attached hydrogens (tertiary/aromatic N) is 3. The van der Waals surface area contributed by atoms with Crippen molar-refractivity contribution < 1.29 is 10.2 Å². The maximum absolute atomic E-state index is 9.34. The Bertz CT molecular complexity index is 903. The molecule has 3 rings (SSSR count). The van der Waals surface area contributed by atoms with E-state index in [1.54, 1.807) is 12.1 Å². The van der Waals surface area contributed by atoms with Crippen LogP contribution < -0.4 is 10.6 Å². The number of aliphatic hydroxyl groups excluding tert-OH is 2. The lowest BCUT2D eigenvalue weighted by Gasteiger charge is -2.25. The summed E-state index contributed by atoms with van der Waals surface area (Å²) in [6, 6.07) is 23.0. The van der Waals surface area contributed by atoms with Gasteiger partial charge in [-0.1, -0.05) is 30.3 Å². The zero-order valence-electron chi connectivity index (χ0n) is 15.6. The van der Waals surface area contributed by atoms with Gasteiger partial charge in [0.2, 0.25) is 0 Å². The maximum Gasteiger partial charge on any atom is 0.0858 e. The SMILES string of the molecule is Nc1ccc(N=Nc2ccc(-c3ccccc3N(CCO)CCO)cc2)cc1. The number of nitrogens with two attached hydrogens (primary N) is 1. The van der Waals surface area contributed by atoms with Gasteiger partial charge in [0.15, 0.2) is 0 Å².